The number of carbonyl (C=O) groups is 1. The van der Waals surface area contributed by atoms with E-state index in [4.69, 9.17) is 16.6 Å². The Kier molecular flexibility index (Phi) is 7.34. The van der Waals surface area contributed by atoms with Crippen LogP contribution in [0, 0.1) is 5.82 Å². The number of aryl methyl sites for hydroxylation is 2. The van der Waals surface area contributed by atoms with Crippen LogP contribution in [0.2, 0.25) is 0 Å². The summed E-state index contributed by atoms with van der Waals surface area (Å²) >= 11 is 0. The van der Waals surface area contributed by atoms with Crippen molar-refractivity contribution in [1.29, 1.82) is 0 Å². The number of fused-ring (bicyclic) bond motifs is 2. The van der Waals surface area contributed by atoms with Crippen LogP contribution in [0.1, 0.15) is 47.6 Å². The number of nitrogens with zero attached hydrogens (tertiary/aromatic N) is 3. The van der Waals surface area contributed by atoms with Gasteiger partial charge in [0.1, 0.15) is 17.5 Å². The Hall–Kier alpha value is -4.76. The molecule has 0 bridgehead atoms. The summed E-state index contributed by atoms with van der Waals surface area (Å²) in [5, 5.41) is 11.7. The van der Waals surface area contributed by atoms with Crippen LogP contribution in [-0.2, 0) is 30.6 Å². The van der Waals surface area contributed by atoms with Gasteiger partial charge in [-0.15, -0.1) is 10.2 Å². The molecule has 8 nitrogen and oxygen atoms in total. The molecule has 0 saturated heterocycles. The Morgan fingerprint density at radius 3 is 2.19 bits per heavy atom. The van der Waals surface area contributed by atoms with Crippen LogP contribution in [0.4, 0.5) is 4.39 Å². The number of nitrogens with two attached hydrogens (primary N) is 2. The molecule has 0 aliphatic carbocycles. The minimum Gasteiger partial charge on any atom is -0.368 e. The summed E-state index contributed by atoms with van der Waals surface area (Å²) in [6.45, 7) is 2.12. The third-order valence-electron chi connectivity index (χ3n) is 8.14. The normalized spacial score (nSPS) is 13.9. The fourth-order valence-corrected chi connectivity index (χ4v) is 5.80. The number of H-pyrrole nitrogens is 2. The van der Waals surface area contributed by atoms with Gasteiger partial charge in [0.25, 0.3) is 0 Å². The Labute approximate surface area is 243 Å². The van der Waals surface area contributed by atoms with Gasteiger partial charge in [-0.05, 0) is 67.1 Å². The van der Waals surface area contributed by atoms with E-state index in [0.717, 1.165) is 45.6 Å². The molecule has 0 spiro atoms. The second-order valence-corrected chi connectivity index (χ2v) is 11.3. The third-order valence-corrected chi connectivity index (χ3v) is 8.14. The van der Waals surface area contributed by atoms with Crippen molar-refractivity contribution in [3.63, 3.8) is 0 Å². The molecule has 6 aromatic rings. The second kappa shape index (κ2) is 11.3. The average molecular weight is 564 g/mol. The van der Waals surface area contributed by atoms with Gasteiger partial charge in [-0.2, -0.15) is 0 Å². The molecule has 3 heterocycles. The summed E-state index contributed by atoms with van der Waals surface area (Å²) in [4.78, 5) is 19.1. The van der Waals surface area contributed by atoms with Gasteiger partial charge in [0.05, 0.1) is 12.1 Å². The molecule has 0 radical (unpaired) electrons. The SMILES string of the molecule is CC(N)(CC(Cc1c[nH]c2ccccc12)c1nnc(CCc2c[nH]c3ccccc23)n1Cc1ccc(F)cc1)C(N)=O. The summed E-state index contributed by atoms with van der Waals surface area (Å²) in [5.74, 6) is 0.398. The number of halogens is 1. The number of carbonyl (C=O) groups excluding carboxylic acids is 1. The van der Waals surface area contributed by atoms with Gasteiger partial charge in [0, 0.05) is 46.5 Å². The maximum Gasteiger partial charge on any atom is 0.237 e. The number of para-hydroxylation sites is 2. The Bertz CT molecular complexity index is 1850. The number of nitrogens with one attached hydrogen (secondary N) is 2. The Balaban J connectivity index is 1.39. The first kappa shape index (κ1) is 27.4. The number of amides is 1. The van der Waals surface area contributed by atoms with E-state index < -0.39 is 11.4 Å². The number of hydrogen-bond acceptors (Lipinski definition) is 4. The molecule has 0 saturated carbocycles. The standard InChI is InChI=1S/C33H34FN7O/c1-33(36,32(35)42)17-23(16-24-19-38-29-9-5-3-7-27(24)29)31-40-39-30(41(31)20-21-10-13-25(34)14-11-21)15-12-22-18-37-28-8-4-2-6-26(22)28/h2-11,13-14,18-19,23,37-38H,12,15-17,20,36H2,1H3,(H2,35,42). The number of benzene rings is 3. The van der Waals surface area contributed by atoms with Crippen LogP contribution in [0.5, 0.6) is 0 Å². The number of aromatic nitrogens is 5. The van der Waals surface area contributed by atoms with Gasteiger partial charge >= 0.3 is 0 Å². The average Bonchev–Trinajstić information content (AvgIpc) is 3.70. The topological polar surface area (TPSA) is 131 Å². The summed E-state index contributed by atoms with van der Waals surface area (Å²) in [6, 6.07) is 22.8. The van der Waals surface area contributed by atoms with Gasteiger partial charge < -0.3 is 26.0 Å². The highest BCUT2D eigenvalue weighted by atomic mass is 19.1. The minimum atomic E-state index is -1.26. The molecular formula is C33H34FN7O. The first-order valence-corrected chi connectivity index (χ1v) is 14.1. The quantitative estimate of drug-likeness (QED) is 0.174. The highest BCUT2D eigenvalue weighted by Crippen LogP contribution is 2.32. The monoisotopic (exact) mass is 563 g/mol. The summed E-state index contributed by atoms with van der Waals surface area (Å²) in [5.41, 5.74) is 16.3. The molecule has 0 aliphatic rings. The zero-order valence-corrected chi connectivity index (χ0v) is 23.5. The van der Waals surface area contributed by atoms with Gasteiger partial charge in [-0.1, -0.05) is 48.5 Å². The number of hydrogen-bond donors (Lipinski definition) is 4. The van der Waals surface area contributed by atoms with Gasteiger partial charge in [-0.25, -0.2) is 4.39 Å². The van der Waals surface area contributed by atoms with Crippen molar-refractivity contribution in [3.05, 3.63) is 119 Å². The van der Waals surface area contributed by atoms with Crippen molar-refractivity contribution < 1.29 is 9.18 Å². The maximum atomic E-state index is 13.8. The smallest absolute Gasteiger partial charge is 0.237 e. The highest BCUT2D eigenvalue weighted by Gasteiger charge is 2.34. The molecule has 6 rings (SSSR count). The second-order valence-electron chi connectivity index (χ2n) is 11.3. The first-order valence-electron chi connectivity index (χ1n) is 14.1. The number of aromatic amines is 2. The maximum absolute atomic E-state index is 13.8. The van der Waals surface area contributed by atoms with E-state index in [0.29, 0.717) is 19.4 Å². The summed E-state index contributed by atoms with van der Waals surface area (Å²) in [6.07, 6.45) is 6.30. The van der Waals surface area contributed by atoms with Crippen LogP contribution in [0.25, 0.3) is 21.8 Å². The van der Waals surface area contributed by atoms with Gasteiger partial charge in [0.2, 0.25) is 5.91 Å². The van der Waals surface area contributed by atoms with Crippen LogP contribution in [0.15, 0.2) is 85.2 Å². The third kappa shape index (κ3) is 5.56. The molecule has 2 unspecified atom stereocenters. The predicted octanol–water partition coefficient (Wildman–Crippen LogP) is 5.13. The molecule has 1 amide bonds. The van der Waals surface area contributed by atoms with Crippen molar-refractivity contribution >= 4 is 27.7 Å². The van der Waals surface area contributed by atoms with Crippen molar-refractivity contribution in [2.24, 2.45) is 11.5 Å². The lowest BCUT2D eigenvalue weighted by atomic mass is 9.84. The van der Waals surface area contributed by atoms with Crippen molar-refractivity contribution in [3.8, 4) is 0 Å². The Morgan fingerprint density at radius 1 is 0.905 bits per heavy atom. The first-order chi connectivity index (χ1) is 20.3. The fraction of sp³-hybridized carbons (Fsp3) is 0.242. The van der Waals surface area contributed by atoms with Crippen molar-refractivity contribution in [2.45, 2.75) is 50.6 Å². The summed E-state index contributed by atoms with van der Waals surface area (Å²) in [7, 11) is 0. The molecule has 42 heavy (non-hydrogen) atoms. The lowest BCUT2D eigenvalue weighted by Crippen LogP contribution is -2.50. The molecule has 0 aliphatic heterocycles. The minimum absolute atomic E-state index is 0.263. The molecule has 2 atom stereocenters. The van der Waals surface area contributed by atoms with E-state index in [9.17, 15) is 9.18 Å². The fourth-order valence-electron chi connectivity index (χ4n) is 5.80. The molecule has 6 N–H and O–H groups in total. The zero-order valence-electron chi connectivity index (χ0n) is 23.5. The van der Waals surface area contributed by atoms with Gasteiger partial charge in [0.15, 0.2) is 0 Å². The highest BCUT2D eigenvalue weighted by molar-refractivity contribution is 5.85. The van der Waals surface area contributed by atoms with E-state index in [-0.39, 0.29) is 18.2 Å². The predicted molar refractivity (Wildman–Crippen MR) is 162 cm³/mol. The van der Waals surface area contributed by atoms with Crippen LogP contribution >= 0.6 is 0 Å². The Morgan fingerprint density at radius 2 is 1.52 bits per heavy atom. The van der Waals surface area contributed by atoms with Crippen LogP contribution in [0.3, 0.4) is 0 Å². The van der Waals surface area contributed by atoms with E-state index in [1.165, 1.54) is 23.1 Å². The van der Waals surface area contributed by atoms with E-state index in [1.54, 1.807) is 19.1 Å². The van der Waals surface area contributed by atoms with Crippen molar-refractivity contribution in [2.75, 3.05) is 0 Å². The van der Waals surface area contributed by atoms with E-state index >= 15 is 0 Å². The molecule has 9 heteroatoms. The zero-order chi connectivity index (χ0) is 29.3. The molecular weight excluding hydrogens is 529 g/mol. The number of rotatable bonds is 11. The molecule has 3 aromatic heterocycles. The lowest BCUT2D eigenvalue weighted by Gasteiger charge is -2.27. The van der Waals surface area contributed by atoms with Gasteiger partial charge in [-0.3, -0.25) is 4.79 Å². The van der Waals surface area contributed by atoms with E-state index in [1.807, 2.05) is 42.7 Å². The molecule has 214 valence electrons. The van der Waals surface area contributed by atoms with Crippen LogP contribution in [-0.4, -0.2) is 36.2 Å². The number of primary amides is 1. The van der Waals surface area contributed by atoms with Crippen LogP contribution < -0.4 is 11.5 Å². The largest absolute Gasteiger partial charge is 0.368 e. The lowest BCUT2D eigenvalue weighted by molar-refractivity contribution is -0.122. The van der Waals surface area contributed by atoms with E-state index in [2.05, 4.69) is 37.8 Å². The molecule has 0 fully saturated rings. The summed E-state index contributed by atoms with van der Waals surface area (Å²) < 4.78 is 15.9. The molecule has 3 aromatic carbocycles. The van der Waals surface area contributed by atoms with Crippen molar-refractivity contribution in [1.82, 2.24) is 24.7 Å².